The molecule has 0 bridgehead atoms. The van der Waals surface area contributed by atoms with Crippen LogP contribution in [0.3, 0.4) is 0 Å². The Labute approximate surface area is 106 Å². The topological polar surface area (TPSA) is 18.5 Å². The van der Waals surface area contributed by atoms with Crippen molar-refractivity contribution in [2.45, 2.75) is 33.6 Å². The summed E-state index contributed by atoms with van der Waals surface area (Å²) in [4.78, 5) is 0. The lowest BCUT2D eigenvalue weighted by molar-refractivity contribution is 0.256. The normalized spacial score (nSPS) is 11.7. The maximum absolute atomic E-state index is 6.05. The zero-order chi connectivity index (χ0) is 12.6. The van der Waals surface area contributed by atoms with Crippen LogP contribution in [0.2, 0.25) is 0 Å². The van der Waals surface area contributed by atoms with Crippen molar-refractivity contribution in [3.8, 4) is 0 Å². The minimum atomic E-state index is -1.87. The van der Waals surface area contributed by atoms with Crippen molar-refractivity contribution < 1.29 is 9.05 Å². The van der Waals surface area contributed by atoms with Crippen molar-refractivity contribution in [1.82, 2.24) is 0 Å². The monoisotopic (exact) mass is 255 g/mol. The van der Waals surface area contributed by atoms with E-state index in [4.69, 9.17) is 9.05 Å². The maximum Gasteiger partial charge on any atom is 0.306 e. The Morgan fingerprint density at radius 1 is 0.941 bits per heavy atom. The van der Waals surface area contributed by atoms with E-state index in [1.54, 1.807) is 0 Å². The van der Waals surface area contributed by atoms with E-state index in [1.807, 2.05) is 19.9 Å². The summed E-state index contributed by atoms with van der Waals surface area (Å²) in [5.74, 6) is 0. The molecule has 0 aliphatic heterocycles. The molecule has 3 heteroatoms. The van der Waals surface area contributed by atoms with E-state index in [2.05, 4.69) is 31.2 Å². The number of benzene rings is 1. The average molecular weight is 255 g/mol. The summed E-state index contributed by atoms with van der Waals surface area (Å²) in [6, 6.07) is 10.4. The summed E-state index contributed by atoms with van der Waals surface area (Å²) < 4.78 is 12.1. The second-order valence-corrected chi connectivity index (χ2v) is 6.75. The fraction of sp³-hybridized carbons (Fsp3) is 0.571. The second-order valence-electron chi connectivity index (χ2n) is 3.92. The number of rotatable bonds is 8. The van der Waals surface area contributed by atoms with Crippen molar-refractivity contribution in [3.05, 3.63) is 30.3 Å². The molecule has 2 nitrogen and oxygen atoms in total. The standard InChI is InChI=1S/C14H24O2P/c1-4-7-13-17(15-5-2,16-6-3)14-11-9-8-10-12-14/h8-12H,4-7,13H2,1-3H3/q+1. The van der Waals surface area contributed by atoms with Crippen LogP contribution in [-0.4, -0.2) is 19.4 Å². The van der Waals surface area contributed by atoms with Crippen LogP contribution in [0.4, 0.5) is 0 Å². The molecule has 0 saturated carbocycles. The minimum absolute atomic E-state index is 0.715. The fourth-order valence-corrected chi connectivity index (χ4v) is 4.97. The SMILES string of the molecule is CCCC[P+](OCC)(OCC)c1ccccc1. The second kappa shape index (κ2) is 7.81. The lowest BCUT2D eigenvalue weighted by Gasteiger charge is -2.23. The van der Waals surface area contributed by atoms with Crippen LogP contribution < -0.4 is 5.30 Å². The smallest absolute Gasteiger partial charge is 0.201 e. The van der Waals surface area contributed by atoms with E-state index in [-0.39, 0.29) is 0 Å². The van der Waals surface area contributed by atoms with E-state index < -0.39 is 7.72 Å². The highest BCUT2D eigenvalue weighted by Gasteiger charge is 2.43. The molecule has 96 valence electrons. The first kappa shape index (κ1) is 14.6. The summed E-state index contributed by atoms with van der Waals surface area (Å²) >= 11 is 0. The third-order valence-corrected chi connectivity index (χ3v) is 5.97. The van der Waals surface area contributed by atoms with Gasteiger partial charge in [-0.05, 0) is 32.4 Å². The van der Waals surface area contributed by atoms with Crippen molar-refractivity contribution in [3.63, 3.8) is 0 Å². The molecule has 0 radical (unpaired) electrons. The van der Waals surface area contributed by atoms with Gasteiger partial charge in [0.2, 0.25) is 0 Å². The predicted octanol–water partition coefficient (Wildman–Crippen LogP) is 4.03. The van der Waals surface area contributed by atoms with Gasteiger partial charge < -0.3 is 0 Å². The predicted molar refractivity (Wildman–Crippen MR) is 76.0 cm³/mol. The molecule has 1 aromatic rings. The third kappa shape index (κ3) is 4.06. The van der Waals surface area contributed by atoms with Gasteiger partial charge in [0.05, 0.1) is 13.2 Å². The molecular formula is C14H24O2P+. The average Bonchev–Trinajstić information content (AvgIpc) is 2.37. The van der Waals surface area contributed by atoms with Gasteiger partial charge in [0.1, 0.15) is 6.16 Å². The lowest BCUT2D eigenvalue weighted by atomic mass is 10.4. The Morgan fingerprint density at radius 3 is 2.00 bits per heavy atom. The first-order valence-corrected chi connectivity index (χ1v) is 8.32. The maximum atomic E-state index is 6.05. The molecule has 0 saturated heterocycles. The van der Waals surface area contributed by atoms with Crippen LogP contribution in [-0.2, 0) is 9.05 Å². The molecule has 0 aromatic heterocycles. The molecule has 0 heterocycles. The summed E-state index contributed by atoms with van der Waals surface area (Å²) in [5, 5.41) is 1.23. The van der Waals surface area contributed by atoms with Crippen LogP contribution in [0, 0.1) is 0 Å². The van der Waals surface area contributed by atoms with Crippen LogP contribution >= 0.6 is 7.72 Å². The molecule has 0 N–H and O–H groups in total. The van der Waals surface area contributed by atoms with E-state index in [0.717, 1.165) is 12.6 Å². The van der Waals surface area contributed by atoms with Crippen molar-refractivity contribution >= 4 is 13.0 Å². The molecule has 1 rings (SSSR count). The molecule has 0 aliphatic rings. The molecular weight excluding hydrogens is 231 g/mol. The Balaban J connectivity index is 2.95. The van der Waals surface area contributed by atoms with Gasteiger partial charge in [-0.1, -0.05) is 31.5 Å². The molecule has 0 aliphatic carbocycles. The summed E-state index contributed by atoms with van der Waals surface area (Å²) in [6.07, 6.45) is 3.35. The summed E-state index contributed by atoms with van der Waals surface area (Å²) in [5.41, 5.74) is 0. The van der Waals surface area contributed by atoms with Crippen LogP contribution in [0.15, 0.2) is 30.3 Å². The fourth-order valence-electron chi connectivity index (χ4n) is 1.88. The van der Waals surface area contributed by atoms with E-state index in [1.165, 1.54) is 11.7 Å². The van der Waals surface area contributed by atoms with Crippen LogP contribution in [0.25, 0.3) is 0 Å². The van der Waals surface area contributed by atoms with Gasteiger partial charge in [0.25, 0.3) is 0 Å². The molecule has 0 amide bonds. The van der Waals surface area contributed by atoms with Gasteiger partial charge in [-0.25, -0.2) is 9.05 Å². The Kier molecular flexibility index (Phi) is 6.72. The first-order chi connectivity index (χ1) is 8.29. The molecule has 1 aromatic carbocycles. The van der Waals surface area contributed by atoms with E-state index in [0.29, 0.717) is 13.2 Å². The van der Waals surface area contributed by atoms with Crippen LogP contribution in [0.1, 0.15) is 33.6 Å². The number of hydrogen-bond acceptors (Lipinski definition) is 2. The zero-order valence-electron chi connectivity index (χ0n) is 11.2. The van der Waals surface area contributed by atoms with Gasteiger partial charge >= 0.3 is 7.72 Å². The highest BCUT2D eigenvalue weighted by molar-refractivity contribution is 7.74. The number of hydrogen-bond donors (Lipinski definition) is 0. The van der Waals surface area contributed by atoms with Crippen molar-refractivity contribution in [2.24, 2.45) is 0 Å². The van der Waals surface area contributed by atoms with Gasteiger partial charge in [0, 0.05) is 0 Å². The van der Waals surface area contributed by atoms with Gasteiger partial charge in [-0.2, -0.15) is 0 Å². The van der Waals surface area contributed by atoms with Gasteiger partial charge in [0.15, 0.2) is 5.30 Å². The molecule has 0 spiro atoms. The summed E-state index contributed by atoms with van der Waals surface area (Å²) in [6.45, 7) is 7.72. The largest absolute Gasteiger partial charge is 0.306 e. The Hall–Kier alpha value is -0.430. The third-order valence-electron chi connectivity index (χ3n) is 2.63. The molecule has 0 fully saturated rings. The minimum Gasteiger partial charge on any atom is -0.201 e. The lowest BCUT2D eigenvalue weighted by Crippen LogP contribution is -2.19. The molecule has 17 heavy (non-hydrogen) atoms. The van der Waals surface area contributed by atoms with Crippen molar-refractivity contribution in [1.29, 1.82) is 0 Å². The van der Waals surface area contributed by atoms with E-state index >= 15 is 0 Å². The van der Waals surface area contributed by atoms with Gasteiger partial charge in [-0.3, -0.25) is 0 Å². The quantitative estimate of drug-likeness (QED) is 0.653. The Morgan fingerprint density at radius 2 is 1.53 bits per heavy atom. The highest BCUT2D eigenvalue weighted by Crippen LogP contribution is 2.60. The number of unbranched alkanes of at least 4 members (excludes halogenated alkanes) is 1. The highest BCUT2D eigenvalue weighted by atomic mass is 31.2. The van der Waals surface area contributed by atoms with Crippen molar-refractivity contribution in [2.75, 3.05) is 19.4 Å². The Bertz CT molecular complexity index is 294. The summed E-state index contributed by atoms with van der Waals surface area (Å²) in [7, 11) is -1.87. The van der Waals surface area contributed by atoms with Gasteiger partial charge in [-0.15, -0.1) is 0 Å². The van der Waals surface area contributed by atoms with E-state index in [9.17, 15) is 0 Å². The zero-order valence-corrected chi connectivity index (χ0v) is 12.1. The van der Waals surface area contributed by atoms with Crippen LogP contribution in [0.5, 0.6) is 0 Å². The first-order valence-electron chi connectivity index (χ1n) is 6.51. The molecule has 0 atom stereocenters. The molecule has 0 unspecified atom stereocenters.